The van der Waals surface area contributed by atoms with Crippen molar-refractivity contribution in [3.05, 3.63) is 53.6 Å². The van der Waals surface area contributed by atoms with E-state index >= 15 is 0 Å². The quantitative estimate of drug-likeness (QED) is 0.655. The Morgan fingerprint density at radius 3 is 2.31 bits per heavy atom. The lowest BCUT2D eigenvalue weighted by Crippen LogP contribution is -2.20. The molecular weight excluding hydrogens is 372 g/mol. The predicted molar refractivity (Wildman–Crippen MR) is 105 cm³/mol. The highest BCUT2D eigenvalue weighted by atomic mass is 35.5. The molecule has 2 aromatic carbocycles. The SMILES string of the molecule is CC[C@H](C)Nc1nc2ccccc2nc1NS(=O)(=O)c1cccc(Cl)c1. The van der Waals surface area contributed by atoms with E-state index in [9.17, 15) is 8.42 Å². The molecule has 0 aliphatic carbocycles. The lowest BCUT2D eigenvalue weighted by molar-refractivity contribution is 0.601. The number of nitrogens with zero attached hydrogens (tertiary/aromatic N) is 2. The number of para-hydroxylation sites is 2. The first-order valence-corrected chi connectivity index (χ1v) is 10.1. The second kappa shape index (κ2) is 7.47. The third-order valence-corrected chi connectivity index (χ3v) is 5.48. The third-order valence-electron chi connectivity index (χ3n) is 3.90. The van der Waals surface area contributed by atoms with Gasteiger partial charge in [-0.15, -0.1) is 0 Å². The Kier molecular flexibility index (Phi) is 5.29. The van der Waals surface area contributed by atoms with Crippen LogP contribution in [0.2, 0.25) is 5.02 Å². The topological polar surface area (TPSA) is 84.0 Å². The molecule has 0 bridgehead atoms. The number of fused-ring (bicyclic) bond motifs is 1. The molecule has 0 spiro atoms. The van der Waals surface area contributed by atoms with Gasteiger partial charge in [0.2, 0.25) is 0 Å². The Labute approximate surface area is 157 Å². The minimum absolute atomic E-state index is 0.0643. The van der Waals surface area contributed by atoms with Crippen molar-refractivity contribution in [3.63, 3.8) is 0 Å². The summed E-state index contributed by atoms with van der Waals surface area (Å²) in [6.45, 7) is 4.02. The summed E-state index contributed by atoms with van der Waals surface area (Å²) < 4.78 is 28.0. The van der Waals surface area contributed by atoms with Gasteiger partial charge in [0.05, 0.1) is 15.9 Å². The number of benzene rings is 2. The van der Waals surface area contributed by atoms with E-state index in [0.717, 1.165) is 6.42 Å². The van der Waals surface area contributed by atoms with E-state index in [1.54, 1.807) is 18.2 Å². The van der Waals surface area contributed by atoms with Crippen LogP contribution in [0, 0.1) is 0 Å². The van der Waals surface area contributed by atoms with Gasteiger partial charge in [0.1, 0.15) is 0 Å². The first-order chi connectivity index (χ1) is 12.4. The van der Waals surface area contributed by atoms with Crippen molar-refractivity contribution in [1.29, 1.82) is 0 Å². The summed E-state index contributed by atoms with van der Waals surface area (Å²) >= 11 is 5.92. The maximum Gasteiger partial charge on any atom is 0.263 e. The number of hydrogen-bond donors (Lipinski definition) is 2. The van der Waals surface area contributed by atoms with Crippen LogP contribution in [0.1, 0.15) is 20.3 Å². The van der Waals surface area contributed by atoms with Crippen LogP contribution in [0.4, 0.5) is 11.6 Å². The highest BCUT2D eigenvalue weighted by molar-refractivity contribution is 7.92. The zero-order valence-electron chi connectivity index (χ0n) is 14.4. The van der Waals surface area contributed by atoms with E-state index in [1.807, 2.05) is 32.0 Å². The van der Waals surface area contributed by atoms with Crippen LogP contribution < -0.4 is 10.0 Å². The van der Waals surface area contributed by atoms with Crippen molar-refractivity contribution in [2.75, 3.05) is 10.0 Å². The van der Waals surface area contributed by atoms with Gasteiger partial charge in [0.15, 0.2) is 11.6 Å². The molecular formula is C18H19ClN4O2S. The molecule has 136 valence electrons. The first kappa shape index (κ1) is 18.4. The van der Waals surface area contributed by atoms with Gasteiger partial charge in [-0.1, -0.05) is 36.7 Å². The molecule has 0 unspecified atom stereocenters. The van der Waals surface area contributed by atoms with Crippen LogP contribution in [0.3, 0.4) is 0 Å². The van der Waals surface area contributed by atoms with E-state index in [4.69, 9.17) is 11.6 Å². The Balaban J connectivity index is 2.06. The van der Waals surface area contributed by atoms with Crippen molar-refractivity contribution < 1.29 is 8.42 Å². The van der Waals surface area contributed by atoms with Gasteiger partial charge in [-0.05, 0) is 43.7 Å². The third kappa shape index (κ3) is 4.05. The first-order valence-electron chi connectivity index (χ1n) is 8.21. The average Bonchev–Trinajstić information content (AvgIpc) is 2.61. The van der Waals surface area contributed by atoms with Crippen molar-refractivity contribution in [2.45, 2.75) is 31.2 Å². The highest BCUT2D eigenvalue weighted by Crippen LogP contribution is 2.25. The average molecular weight is 391 g/mol. The fourth-order valence-corrected chi connectivity index (χ4v) is 3.64. The number of aromatic nitrogens is 2. The molecule has 6 nitrogen and oxygen atoms in total. The Hall–Kier alpha value is -2.38. The van der Waals surface area contributed by atoms with E-state index in [1.165, 1.54) is 12.1 Å². The predicted octanol–water partition coefficient (Wildman–Crippen LogP) is 4.29. The van der Waals surface area contributed by atoms with Gasteiger partial charge in [-0.3, -0.25) is 4.72 Å². The van der Waals surface area contributed by atoms with Gasteiger partial charge >= 0.3 is 0 Å². The molecule has 0 amide bonds. The molecule has 0 saturated heterocycles. The molecule has 0 radical (unpaired) electrons. The summed E-state index contributed by atoms with van der Waals surface area (Å²) in [5.41, 5.74) is 1.29. The van der Waals surface area contributed by atoms with Crippen LogP contribution >= 0.6 is 11.6 Å². The van der Waals surface area contributed by atoms with E-state index in [0.29, 0.717) is 21.9 Å². The second-order valence-electron chi connectivity index (χ2n) is 5.93. The van der Waals surface area contributed by atoms with Crippen LogP contribution in [0.5, 0.6) is 0 Å². The molecule has 1 heterocycles. The van der Waals surface area contributed by atoms with E-state index in [-0.39, 0.29) is 16.8 Å². The summed E-state index contributed by atoms with van der Waals surface area (Å²) in [4.78, 5) is 9.04. The van der Waals surface area contributed by atoms with Gasteiger partial charge in [-0.25, -0.2) is 18.4 Å². The maximum absolute atomic E-state index is 12.7. The lowest BCUT2D eigenvalue weighted by Gasteiger charge is -2.17. The Morgan fingerprint density at radius 1 is 1.04 bits per heavy atom. The van der Waals surface area contributed by atoms with E-state index < -0.39 is 10.0 Å². The summed E-state index contributed by atoms with van der Waals surface area (Å²) in [6.07, 6.45) is 0.856. The van der Waals surface area contributed by atoms with Crippen LogP contribution in [-0.2, 0) is 10.0 Å². The molecule has 26 heavy (non-hydrogen) atoms. The smallest absolute Gasteiger partial charge is 0.263 e. The number of anilines is 2. The standard InChI is InChI=1S/C18H19ClN4O2S/c1-3-12(2)20-17-18(22-16-10-5-4-9-15(16)21-17)23-26(24,25)14-8-6-7-13(19)11-14/h4-12H,3H2,1-2H3,(H,20,21)(H,22,23)/t12-/m0/s1. The van der Waals surface area contributed by atoms with Gasteiger partial charge in [0, 0.05) is 11.1 Å². The van der Waals surface area contributed by atoms with Crippen molar-refractivity contribution in [2.24, 2.45) is 0 Å². The highest BCUT2D eigenvalue weighted by Gasteiger charge is 2.19. The second-order valence-corrected chi connectivity index (χ2v) is 8.04. The van der Waals surface area contributed by atoms with Crippen molar-refractivity contribution in [3.8, 4) is 0 Å². The summed E-state index contributed by atoms with van der Waals surface area (Å²) in [5, 5.41) is 3.55. The van der Waals surface area contributed by atoms with Crippen LogP contribution in [0.25, 0.3) is 11.0 Å². The van der Waals surface area contributed by atoms with Gasteiger partial charge in [-0.2, -0.15) is 0 Å². The fraction of sp³-hybridized carbons (Fsp3) is 0.222. The Morgan fingerprint density at radius 2 is 1.69 bits per heavy atom. The molecule has 3 aromatic rings. The fourth-order valence-electron chi connectivity index (χ4n) is 2.33. The van der Waals surface area contributed by atoms with E-state index in [2.05, 4.69) is 20.0 Å². The number of hydrogen-bond acceptors (Lipinski definition) is 5. The molecule has 0 saturated carbocycles. The number of nitrogens with one attached hydrogen (secondary N) is 2. The largest absolute Gasteiger partial charge is 0.365 e. The van der Waals surface area contributed by atoms with Crippen molar-refractivity contribution >= 4 is 44.3 Å². The van der Waals surface area contributed by atoms with Crippen LogP contribution in [-0.4, -0.2) is 24.4 Å². The van der Waals surface area contributed by atoms with Crippen LogP contribution in [0.15, 0.2) is 53.4 Å². The molecule has 0 fully saturated rings. The number of rotatable bonds is 6. The van der Waals surface area contributed by atoms with Gasteiger partial charge in [0.25, 0.3) is 10.0 Å². The molecule has 0 aliphatic heterocycles. The molecule has 3 rings (SSSR count). The Bertz CT molecular complexity index is 1040. The maximum atomic E-state index is 12.7. The molecule has 1 aromatic heterocycles. The zero-order chi connectivity index (χ0) is 18.7. The summed E-state index contributed by atoms with van der Waals surface area (Å²) in [7, 11) is -3.85. The monoisotopic (exact) mass is 390 g/mol. The minimum Gasteiger partial charge on any atom is -0.365 e. The van der Waals surface area contributed by atoms with Crippen molar-refractivity contribution in [1.82, 2.24) is 9.97 Å². The van der Waals surface area contributed by atoms with Gasteiger partial charge < -0.3 is 5.32 Å². The molecule has 1 atom stereocenters. The minimum atomic E-state index is -3.85. The number of halogens is 1. The summed E-state index contributed by atoms with van der Waals surface area (Å²) in [6, 6.07) is 13.5. The molecule has 2 N–H and O–H groups in total. The zero-order valence-corrected chi connectivity index (χ0v) is 16.0. The lowest BCUT2D eigenvalue weighted by atomic mass is 10.2. The number of sulfonamides is 1. The molecule has 8 heteroatoms. The normalized spacial score (nSPS) is 12.7. The molecule has 0 aliphatic rings. The summed E-state index contributed by atoms with van der Waals surface area (Å²) in [5.74, 6) is 0.549.